The highest BCUT2D eigenvalue weighted by Crippen LogP contribution is 2.45. The molecule has 0 aromatic rings. The molecule has 0 heterocycles. The number of hydrogen-bond donors (Lipinski definition) is 3. The van der Waals surface area contributed by atoms with E-state index in [1.54, 1.807) is 0 Å². The van der Waals surface area contributed by atoms with Crippen LogP contribution in [0.15, 0.2) is 97.2 Å². The van der Waals surface area contributed by atoms with Crippen molar-refractivity contribution >= 4 is 39.5 Å². The highest BCUT2D eigenvalue weighted by molar-refractivity contribution is 7.47. The van der Waals surface area contributed by atoms with Crippen molar-refractivity contribution in [1.82, 2.24) is 0 Å². The van der Waals surface area contributed by atoms with E-state index in [1.165, 1.54) is 103 Å². The number of phosphoric ester groups is 2. The zero-order chi connectivity index (χ0) is 73.2. The quantitative estimate of drug-likeness (QED) is 0.0169. The van der Waals surface area contributed by atoms with Crippen molar-refractivity contribution in [2.24, 2.45) is 0 Å². The average molecular weight is 1450 g/mol. The van der Waals surface area contributed by atoms with Gasteiger partial charge in [-0.25, -0.2) is 9.13 Å². The number of unbranched alkanes of at least 4 members (excludes halogenated alkanes) is 32. The van der Waals surface area contributed by atoms with E-state index in [4.69, 9.17) is 37.0 Å². The van der Waals surface area contributed by atoms with Crippen LogP contribution < -0.4 is 0 Å². The third kappa shape index (κ3) is 72.3. The van der Waals surface area contributed by atoms with Crippen molar-refractivity contribution in [2.75, 3.05) is 39.6 Å². The SMILES string of the molecule is CCCCCC/C=C\C/C=C\CCCCCCC(=O)OCC(COP(=O)(O)OCC(O)COP(=O)(O)OCC(COC(=O)CCCCCC/C=C\C/C=C/CCCCCC)OC(=O)CCCCCC/C=C\C/C=C\CCCCCC)OC(=O)CCCCCC/C=C\C/C=C/CCCCCC. The molecule has 0 saturated heterocycles. The van der Waals surface area contributed by atoms with Crippen molar-refractivity contribution in [3.8, 4) is 0 Å². The first-order chi connectivity index (χ1) is 48.7. The summed E-state index contributed by atoms with van der Waals surface area (Å²) in [5.41, 5.74) is 0. The Morgan fingerprint density at radius 2 is 0.490 bits per heavy atom. The third-order valence-corrected chi connectivity index (χ3v) is 18.4. The number of rotatable bonds is 74. The number of aliphatic hydroxyl groups excluding tert-OH is 1. The number of hydrogen-bond acceptors (Lipinski definition) is 15. The van der Waals surface area contributed by atoms with Crippen molar-refractivity contribution in [2.45, 2.75) is 354 Å². The van der Waals surface area contributed by atoms with Crippen molar-refractivity contribution in [3.05, 3.63) is 97.2 Å². The molecular weight excluding hydrogens is 1310 g/mol. The molecule has 5 unspecified atom stereocenters. The predicted octanol–water partition coefficient (Wildman–Crippen LogP) is 22.8. The highest BCUT2D eigenvalue weighted by atomic mass is 31.2. The summed E-state index contributed by atoms with van der Waals surface area (Å²) in [6, 6.07) is 0. The Labute approximate surface area is 607 Å². The number of phosphoric acid groups is 2. The smallest absolute Gasteiger partial charge is 0.462 e. The molecule has 0 rings (SSSR count). The van der Waals surface area contributed by atoms with Crippen LogP contribution in [0, 0.1) is 0 Å². The Morgan fingerprint density at radius 3 is 0.730 bits per heavy atom. The van der Waals surface area contributed by atoms with E-state index >= 15 is 0 Å². The second-order valence-electron chi connectivity index (χ2n) is 26.3. The fraction of sp³-hybridized carbons (Fsp3) is 0.753. The zero-order valence-electron chi connectivity index (χ0n) is 63.1. The minimum absolute atomic E-state index is 0.0688. The summed E-state index contributed by atoms with van der Waals surface area (Å²) in [5.74, 6) is -2.24. The molecule has 0 bridgehead atoms. The number of carbonyl (C=O) groups is 4. The molecular formula is C81H142O17P2. The van der Waals surface area contributed by atoms with Gasteiger partial charge in [-0.05, 0) is 154 Å². The van der Waals surface area contributed by atoms with Crippen LogP contribution in [0.2, 0.25) is 0 Å². The molecule has 0 saturated carbocycles. The first kappa shape index (κ1) is 96.0. The van der Waals surface area contributed by atoms with Crippen LogP contribution in [-0.2, 0) is 65.4 Å². The minimum Gasteiger partial charge on any atom is -0.462 e. The van der Waals surface area contributed by atoms with E-state index in [9.17, 15) is 43.2 Å². The fourth-order valence-electron chi connectivity index (χ4n) is 10.4. The predicted molar refractivity (Wildman–Crippen MR) is 409 cm³/mol. The number of aliphatic hydroxyl groups is 1. The van der Waals surface area contributed by atoms with E-state index in [1.807, 2.05) is 0 Å². The molecule has 0 aliphatic carbocycles. The molecule has 0 aliphatic rings. The largest absolute Gasteiger partial charge is 0.472 e. The molecule has 5 atom stereocenters. The topological polar surface area (TPSA) is 237 Å². The molecule has 19 heteroatoms. The molecule has 17 nitrogen and oxygen atoms in total. The molecule has 0 aliphatic heterocycles. The third-order valence-electron chi connectivity index (χ3n) is 16.5. The Morgan fingerprint density at radius 1 is 0.280 bits per heavy atom. The Hall–Kier alpha value is -4.02. The van der Waals surface area contributed by atoms with Gasteiger partial charge in [0, 0.05) is 25.7 Å². The monoisotopic (exact) mass is 1450 g/mol. The first-order valence-electron chi connectivity index (χ1n) is 39.5. The average Bonchev–Trinajstić information content (AvgIpc) is 1.01. The number of esters is 4. The number of allylic oxidation sites excluding steroid dienone is 16. The lowest BCUT2D eigenvalue weighted by Crippen LogP contribution is -2.30. The normalized spacial score (nSPS) is 14.4. The number of carbonyl (C=O) groups excluding carboxylic acids is 4. The lowest BCUT2D eigenvalue weighted by atomic mass is 10.1. The molecule has 578 valence electrons. The maximum absolute atomic E-state index is 13.1. The van der Waals surface area contributed by atoms with E-state index in [0.29, 0.717) is 25.7 Å². The van der Waals surface area contributed by atoms with Gasteiger partial charge in [-0.2, -0.15) is 0 Å². The van der Waals surface area contributed by atoms with Crippen LogP contribution >= 0.6 is 15.6 Å². The molecule has 0 radical (unpaired) electrons. The first-order valence-corrected chi connectivity index (χ1v) is 42.5. The van der Waals surface area contributed by atoms with Crippen LogP contribution in [0.5, 0.6) is 0 Å². The van der Waals surface area contributed by atoms with Gasteiger partial charge in [0.25, 0.3) is 0 Å². The van der Waals surface area contributed by atoms with Crippen LogP contribution in [0.4, 0.5) is 0 Å². The number of ether oxygens (including phenoxy) is 4. The van der Waals surface area contributed by atoms with Crippen molar-refractivity contribution in [1.29, 1.82) is 0 Å². The summed E-state index contributed by atoms with van der Waals surface area (Å²) >= 11 is 0. The molecule has 3 N–H and O–H groups in total. The summed E-state index contributed by atoms with van der Waals surface area (Å²) in [6.45, 7) is 4.75. The zero-order valence-corrected chi connectivity index (χ0v) is 64.9. The van der Waals surface area contributed by atoms with Crippen molar-refractivity contribution in [3.63, 3.8) is 0 Å². The summed E-state index contributed by atoms with van der Waals surface area (Å²) in [6.07, 6.45) is 76.7. The maximum atomic E-state index is 13.1. The fourth-order valence-corrected chi connectivity index (χ4v) is 12.0. The van der Waals surface area contributed by atoms with Gasteiger partial charge in [0.15, 0.2) is 12.2 Å². The second-order valence-corrected chi connectivity index (χ2v) is 29.2. The lowest BCUT2D eigenvalue weighted by molar-refractivity contribution is -0.161. The minimum atomic E-state index is -4.99. The highest BCUT2D eigenvalue weighted by Gasteiger charge is 2.30. The summed E-state index contributed by atoms with van der Waals surface area (Å²) in [4.78, 5) is 72.9. The van der Waals surface area contributed by atoms with E-state index in [2.05, 4.69) is 125 Å². The molecule has 0 amide bonds. The summed E-state index contributed by atoms with van der Waals surface area (Å²) < 4.78 is 68.5. The molecule has 0 spiro atoms. The summed E-state index contributed by atoms with van der Waals surface area (Å²) in [5, 5.41) is 10.6. The van der Waals surface area contributed by atoms with Gasteiger partial charge < -0.3 is 33.8 Å². The summed E-state index contributed by atoms with van der Waals surface area (Å²) in [7, 11) is -9.97. The molecule has 0 fully saturated rings. The van der Waals surface area contributed by atoms with Crippen LogP contribution in [-0.4, -0.2) is 96.7 Å². The Bertz CT molecular complexity index is 2120. The van der Waals surface area contributed by atoms with Gasteiger partial charge in [-0.3, -0.25) is 37.3 Å². The Kier molecular flexibility index (Phi) is 70.4. The van der Waals surface area contributed by atoms with Gasteiger partial charge >= 0.3 is 39.5 Å². The van der Waals surface area contributed by atoms with Gasteiger partial charge in [0.2, 0.25) is 0 Å². The standard InChI is InChI=1S/C81H142O17P2/c1-5-9-13-17-21-25-29-33-37-41-45-49-53-57-61-65-78(83)91-71-76(97-80(85)67-63-59-55-51-47-43-39-35-31-27-23-19-15-11-7-3)73-95-99(87,88)93-69-75(82)70-94-100(89,90)96-74-77(98-81(86)68-64-60-56-52-48-44-40-36-32-28-24-20-16-12-8-4)72-92-79(84)66-62-58-54-50-46-42-38-34-30-26-22-18-14-10-6-2/h25-32,37-44,75-77,82H,5-24,33-36,45-74H2,1-4H3,(H,87,88)(H,89,90)/b29-25-,30-26+,31-27+,32-28-,41-37-,42-38-,43-39-,44-40-. The second kappa shape index (κ2) is 73.3. The molecule has 0 aromatic carbocycles. The van der Waals surface area contributed by atoms with E-state index in [0.717, 1.165) is 154 Å². The van der Waals surface area contributed by atoms with Crippen LogP contribution in [0.3, 0.4) is 0 Å². The van der Waals surface area contributed by atoms with E-state index in [-0.39, 0.29) is 25.7 Å². The lowest BCUT2D eigenvalue weighted by Gasteiger charge is -2.21. The molecule has 0 aromatic heterocycles. The van der Waals surface area contributed by atoms with Crippen LogP contribution in [0.25, 0.3) is 0 Å². The van der Waals surface area contributed by atoms with Gasteiger partial charge in [-0.1, -0.05) is 253 Å². The van der Waals surface area contributed by atoms with E-state index < -0.39 is 97.5 Å². The van der Waals surface area contributed by atoms with Crippen LogP contribution in [0.1, 0.15) is 336 Å². The Balaban J connectivity index is 5.41. The van der Waals surface area contributed by atoms with Gasteiger partial charge in [0.05, 0.1) is 26.4 Å². The van der Waals surface area contributed by atoms with Gasteiger partial charge in [-0.15, -0.1) is 0 Å². The molecule has 100 heavy (non-hydrogen) atoms. The maximum Gasteiger partial charge on any atom is 0.472 e. The van der Waals surface area contributed by atoms with Crippen molar-refractivity contribution < 1.29 is 80.2 Å². The van der Waals surface area contributed by atoms with Gasteiger partial charge in [0.1, 0.15) is 19.3 Å².